The minimum Gasteiger partial charge on any atom is -0.384 e. The predicted molar refractivity (Wildman–Crippen MR) is 81.2 cm³/mol. The van der Waals surface area contributed by atoms with Gasteiger partial charge in [0, 0.05) is 12.2 Å². The van der Waals surface area contributed by atoms with Crippen LogP contribution < -0.4 is 5.32 Å². The Morgan fingerprint density at radius 2 is 1.55 bits per heavy atom. The molecule has 1 atom stereocenters. The highest BCUT2D eigenvalue weighted by Gasteiger charge is 1.95. The summed E-state index contributed by atoms with van der Waals surface area (Å²) in [6.45, 7) is 0.452. The zero-order valence-corrected chi connectivity index (χ0v) is 11.6. The molecular weight excluding hydrogens is 274 g/mol. The fourth-order valence-electron chi connectivity index (χ4n) is 1.54. The maximum atomic E-state index is 10.5. The second-order valence-electron chi connectivity index (χ2n) is 4.03. The number of rotatable bonds is 6. The van der Waals surface area contributed by atoms with Gasteiger partial charge < -0.3 is 9.87 Å². The van der Waals surface area contributed by atoms with Crippen LogP contribution in [0.25, 0.3) is 0 Å². The minimum absolute atomic E-state index is 0.204. The van der Waals surface area contributed by atoms with E-state index in [0.29, 0.717) is 6.54 Å². The average molecular weight is 289 g/mol. The molecule has 104 valence electrons. The Kier molecular flexibility index (Phi) is 5.40. The van der Waals surface area contributed by atoms with Gasteiger partial charge >= 0.3 is 0 Å². The molecule has 2 N–H and O–H groups in total. The molecule has 0 aromatic heterocycles. The van der Waals surface area contributed by atoms with Crippen molar-refractivity contribution in [1.82, 2.24) is 0 Å². The summed E-state index contributed by atoms with van der Waals surface area (Å²) in [4.78, 5) is 0. The summed E-state index contributed by atoms with van der Waals surface area (Å²) in [6, 6.07) is 16.9. The van der Waals surface area contributed by atoms with Crippen LogP contribution in [0.3, 0.4) is 0 Å². The topological polar surface area (TPSA) is 74.0 Å². The van der Waals surface area contributed by atoms with Gasteiger partial charge in [0.25, 0.3) is 0 Å². The van der Waals surface area contributed by atoms with Crippen LogP contribution in [-0.4, -0.2) is 21.1 Å². The molecule has 0 spiro atoms. The van der Waals surface area contributed by atoms with Gasteiger partial charge in [-0.3, -0.25) is 0 Å². The van der Waals surface area contributed by atoms with Crippen molar-refractivity contribution in [3.63, 3.8) is 0 Å². The van der Waals surface area contributed by atoms with E-state index in [1.54, 1.807) is 0 Å². The Morgan fingerprint density at radius 1 is 0.950 bits per heavy atom. The molecule has 5 nitrogen and oxygen atoms in total. The van der Waals surface area contributed by atoms with Crippen molar-refractivity contribution in [3.05, 3.63) is 54.6 Å². The number of anilines is 1. The van der Waals surface area contributed by atoms with Gasteiger partial charge in [-0.05, 0) is 36.4 Å². The third-order valence-corrected chi connectivity index (χ3v) is 3.06. The lowest BCUT2D eigenvalue weighted by molar-refractivity contribution is 0.565. The molecule has 0 aliphatic carbocycles. The van der Waals surface area contributed by atoms with Crippen molar-refractivity contribution in [1.29, 1.82) is 0 Å². The van der Waals surface area contributed by atoms with Crippen LogP contribution in [0.4, 0.5) is 17.1 Å². The molecule has 2 rings (SSSR count). The quantitative estimate of drug-likeness (QED) is 0.628. The molecule has 1 unspecified atom stereocenters. The smallest absolute Gasteiger partial charge is 0.154 e. The molecule has 6 heteroatoms. The monoisotopic (exact) mass is 289 g/mol. The first-order valence-electron chi connectivity index (χ1n) is 6.12. The molecule has 0 aliphatic heterocycles. The lowest BCUT2D eigenvalue weighted by atomic mass is 10.3. The molecule has 2 aromatic carbocycles. The first kappa shape index (κ1) is 14.4. The summed E-state index contributed by atoms with van der Waals surface area (Å²) in [6.07, 6.45) is 0. The standard InChI is InChI=1S/C14H15N3O2S/c18-20(19)11-10-15-12-6-8-14(9-7-12)17-16-13-4-2-1-3-5-13/h1-9,15H,10-11H2,(H,18,19). The summed E-state index contributed by atoms with van der Waals surface area (Å²) in [5, 5.41) is 11.3. The molecule has 0 amide bonds. The molecule has 0 radical (unpaired) electrons. The van der Waals surface area contributed by atoms with E-state index >= 15 is 0 Å². The summed E-state index contributed by atoms with van der Waals surface area (Å²) in [5.41, 5.74) is 2.44. The molecule has 0 saturated heterocycles. The molecule has 0 fully saturated rings. The fraction of sp³-hybridized carbons (Fsp3) is 0.143. The number of azo groups is 1. The van der Waals surface area contributed by atoms with Gasteiger partial charge in [-0.15, -0.1) is 0 Å². The molecular formula is C14H15N3O2S. The van der Waals surface area contributed by atoms with Crippen LogP contribution in [0.15, 0.2) is 64.8 Å². The second-order valence-corrected chi connectivity index (χ2v) is 5.09. The third-order valence-electron chi connectivity index (χ3n) is 2.51. The second kappa shape index (κ2) is 7.52. The van der Waals surface area contributed by atoms with E-state index in [-0.39, 0.29) is 5.75 Å². The van der Waals surface area contributed by atoms with Gasteiger partial charge in [-0.1, -0.05) is 18.2 Å². The molecule has 20 heavy (non-hydrogen) atoms. The Labute approximate surface area is 120 Å². The molecule has 0 aliphatic rings. The Morgan fingerprint density at radius 3 is 2.15 bits per heavy atom. The normalized spacial score (nSPS) is 12.4. The van der Waals surface area contributed by atoms with Crippen LogP contribution in [0.5, 0.6) is 0 Å². The summed E-state index contributed by atoms with van der Waals surface area (Å²) >= 11 is -1.76. The van der Waals surface area contributed by atoms with Crippen molar-refractivity contribution in [2.45, 2.75) is 0 Å². The predicted octanol–water partition coefficient (Wildman–Crippen LogP) is 3.74. The highest BCUT2D eigenvalue weighted by molar-refractivity contribution is 7.79. The summed E-state index contributed by atoms with van der Waals surface area (Å²) in [5.74, 6) is 0.204. The van der Waals surface area contributed by atoms with Gasteiger partial charge in [0.1, 0.15) is 0 Å². The molecule has 0 saturated carbocycles. The molecule has 2 aromatic rings. The van der Waals surface area contributed by atoms with Gasteiger partial charge in [0.05, 0.1) is 17.1 Å². The Hall–Kier alpha value is -2.05. The summed E-state index contributed by atoms with van der Waals surface area (Å²) < 4.78 is 19.2. The summed E-state index contributed by atoms with van der Waals surface area (Å²) in [7, 11) is 0. The maximum absolute atomic E-state index is 10.5. The van der Waals surface area contributed by atoms with E-state index in [1.165, 1.54) is 0 Å². The number of nitrogens with one attached hydrogen (secondary N) is 1. The van der Waals surface area contributed by atoms with Crippen LogP contribution in [0, 0.1) is 0 Å². The van der Waals surface area contributed by atoms with Gasteiger partial charge in [-0.2, -0.15) is 10.2 Å². The SMILES string of the molecule is O=S(O)CCNc1ccc(N=Nc2ccccc2)cc1. The highest BCUT2D eigenvalue weighted by atomic mass is 32.2. The van der Waals surface area contributed by atoms with Crippen molar-refractivity contribution in [2.24, 2.45) is 10.2 Å². The lowest BCUT2D eigenvalue weighted by Crippen LogP contribution is -2.09. The average Bonchev–Trinajstić information content (AvgIpc) is 2.47. The lowest BCUT2D eigenvalue weighted by Gasteiger charge is -2.04. The van der Waals surface area contributed by atoms with Gasteiger partial charge in [-0.25, -0.2) is 4.21 Å². The van der Waals surface area contributed by atoms with Crippen LogP contribution in [0.1, 0.15) is 0 Å². The maximum Gasteiger partial charge on any atom is 0.154 e. The van der Waals surface area contributed by atoms with Gasteiger partial charge in [0.2, 0.25) is 0 Å². The molecule has 0 heterocycles. The Bertz CT molecular complexity index is 585. The third kappa shape index (κ3) is 4.91. The van der Waals surface area contributed by atoms with Crippen molar-refractivity contribution in [3.8, 4) is 0 Å². The number of hydrogen-bond acceptors (Lipinski definition) is 4. The van der Waals surface area contributed by atoms with Gasteiger partial charge in [0.15, 0.2) is 11.1 Å². The van der Waals surface area contributed by atoms with E-state index in [9.17, 15) is 4.21 Å². The number of nitrogens with zero attached hydrogens (tertiary/aromatic N) is 2. The highest BCUT2D eigenvalue weighted by Crippen LogP contribution is 2.19. The minimum atomic E-state index is -1.76. The van der Waals surface area contributed by atoms with Crippen LogP contribution in [-0.2, 0) is 11.1 Å². The number of benzene rings is 2. The zero-order chi connectivity index (χ0) is 14.2. The van der Waals surface area contributed by atoms with E-state index in [0.717, 1.165) is 17.1 Å². The first-order chi connectivity index (χ1) is 9.74. The van der Waals surface area contributed by atoms with E-state index < -0.39 is 11.1 Å². The Balaban J connectivity index is 1.91. The first-order valence-corrected chi connectivity index (χ1v) is 7.40. The van der Waals surface area contributed by atoms with Crippen LogP contribution in [0.2, 0.25) is 0 Å². The van der Waals surface area contributed by atoms with Crippen LogP contribution >= 0.6 is 0 Å². The fourth-order valence-corrected chi connectivity index (χ4v) is 1.82. The van der Waals surface area contributed by atoms with Crippen molar-refractivity contribution in [2.75, 3.05) is 17.6 Å². The number of hydrogen-bond donors (Lipinski definition) is 2. The zero-order valence-electron chi connectivity index (χ0n) is 10.8. The van der Waals surface area contributed by atoms with E-state index in [2.05, 4.69) is 15.5 Å². The van der Waals surface area contributed by atoms with Crippen molar-refractivity contribution >= 4 is 28.1 Å². The van der Waals surface area contributed by atoms with E-state index in [1.807, 2.05) is 54.6 Å². The largest absolute Gasteiger partial charge is 0.384 e. The van der Waals surface area contributed by atoms with Crippen molar-refractivity contribution < 1.29 is 8.76 Å². The molecule has 0 bridgehead atoms. The van der Waals surface area contributed by atoms with E-state index in [4.69, 9.17) is 4.55 Å².